The molecule has 0 spiro atoms. The maximum absolute atomic E-state index is 13.0. The first-order valence-corrected chi connectivity index (χ1v) is 8.16. The highest BCUT2D eigenvalue weighted by atomic mass is 16.5. The fourth-order valence-corrected chi connectivity index (χ4v) is 3.57. The van der Waals surface area contributed by atoms with Gasteiger partial charge in [-0.05, 0) is 36.8 Å². The van der Waals surface area contributed by atoms with Crippen LogP contribution in [-0.4, -0.2) is 35.8 Å². The molecule has 0 saturated carbocycles. The minimum absolute atomic E-state index is 0.161. The number of aromatic nitrogens is 1. The number of hydrogen-bond acceptors (Lipinski definition) is 4. The van der Waals surface area contributed by atoms with Crippen LogP contribution in [0.2, 0.25) is 0 Å². The molecule has 0 fully saturated rings. The van der Waals surface area contributed by atoms with Crippen molar-refractivity contribution in [2.75, 3.05) is 14.2 Å². The average molecular weight is 351 g/mol. The lowest BCUT2D eigenvalue weighted by Gasteiger charge is -2.10. The third kappa shape index (κ3) is 2.05. The summed E-state index contributed by atoms with van der Waals surface area (Å²) < 4.78 is 12.3. The zero-order valence-corrected chi connectivity index (χ0v) is 14.6. The fourth-order valence-electron chi connectivity index (χ4n) is 3.57. The van der Waals surface area contributed by atoms with Crippen LogP contribution >= 0.6 is 0 Å². The molecule has 2 heterocycles. The molecule has 0 saturated heterocycles. The van der Waals surface area contributed by atoms with Crippen molar-refractivity contribution < 1.29 is 24.2 Å². The van der Waals surface area contributed by atoms with Crippen molar-refractivity contribution in [3.8, 4) is 22.8 Å². The summed E-state index contributed by atoms with van der Waals surface area (Å²) in [7, 11) is 3.07. The normalized spacial score (nSPS) is 13.4. The van der Waals surface area contributed by atoms with Crippen molar-refractivity contribution in [3.63, 3.8) is 0 Å². The summed E-state index contributed by atoms with van der Waals surface area (Å²) in [5, 5.41) is 10.1. The zero-order chi connectivity index (χ0) is 18.6. The number of rotatable bonds is 4. The highest BCUT2D eigenvalue weighted by Gasteiger charge is 2.31. The molecule has 0 amide bonds. The number of carboxylic acid groups (broad SMARTS) is 1. The molecule has 2 aromatic carbocycles. The minimum atomic E-state index is -0.901. The lowest BCUT2D eigenvalue weighted by atomic mass is 9.97. The van der Waals surface area contributed by atoms with Crippen LogP contribution in [-0.2, 0) is 4.79 Å². The zero-order valence-electron chi connectivity index (χ0n) is 14.6. The molecule has 0 aliphatic carbocycles. The summed E-state index contributed by atoms with van der Waals surface area (Å²) in [6, 6.07) is 10.7. The molecule has 6 heteroatoms. The second kappa shape index (κ2) is 5.62. The van der Waals surface area contributed by atoms with Gasteiger partial charge in [0.2, 0.25) is 0 Å². The van der Waals surface area contributed by atoms with Crippen LogP contribution in [0.3, 0.4) is 0 Å². The van der Waals surface area contributed by atoms with Crippen LogP contribution in [0.4, 0.5) is 0 Å². The van der Waals surface area contributed by atoms with E-state index in [4.69, 9.17) is 9.47 Å². The number of carbonyl (C=O) groups is 2. The molecule has 1 aliphatic heterocycles. The van der Waals surface area contributed by atoms with E-state index in [1.54, 1.807) is 42.9 Å². The van der Waals surface area contributed by atoms with Crippen LogP contribution in [0.25, 0.3) is 22.2 Å². The Morgan fingerprint density at radius 3 is 2.35 bits per heavy atom. The van der Waals surface area contributed by atoms with Crippen LogP contribution < -0.4 is 9.47 Å². The van der Waals surface area contributed by atoms with Gasteiger partial charge in [0.1, 0.15) is 0 Å². The second-order valence-corrected chi connectivity index (χ2v) is 6.26. The second-order valence-electron chi connectivity index (χ2n) is 6.26. The number of carbonyl (C=O) groups excluding carboxylic acids is 1. The van der Waals surface area contributed by atoms with Crippen molar-refractivity contribution in [1.29, 1.82) is 0 Å². The van der Waals surface area contributed by atoms with Crippen molar-refractivity contribution >= 4 is 22.8 Å². The van der Waals surface area contributed by atoms with Gasteiger partial charge in [0.05, 0.1) is 36.9 Å². The highest BCUT2D eigenvalue weighted by molar-refractivity contribution is 6.15. The Morgan fingerprint density at radius 2 is 1.73 bits per heavy atom. The van der Waals surface area contributed by atoms with E-state index in [1.807, 2.05) is 12.1 Å². The Morgan fingerprint density at radius 1 is 1.08 bits per heavy atom. The molecule has 4 rings (SSSR count). The molecular formula is C20H17NO5. The lowest BCUT2D eigenvalue weighted by molar-refractivity contribution is -0.138. The van der Waals surface area contributed by atoms with Crippen molar-refractivity contribution in [3.05, 3.63) is 47.5 Å². The third-order valence-corrected chi connectivity index (χ3v) is 4.95. The summed E-state index contributed by atoms with van der Waals surface area (Å²) in [4.78, 5) is 24.4. The SMILES string of the molecule is COc1cc2c(cc1OC)-c1cc3c(C(C)C(=O)O)cccc3n1C2=O. The van der Waals surface area contributed by atoms with Gasteiger partial charge in [0, 0.05) is 10.9 Å². The first kappa shape index (κ1) is 16.2. The van der Waals surface area contributed by atoms with Crippen molar-refractivity contribution in [2.45, 2.75) is 12.8 Å². The van der Waals surface area contributed by atoms with Gasteiger partial charge in [-0.25, -0.2) is 0 Å². The summed E-state index contributed by atoms with van der Waals surface area (Å²) >= 11 is 0. The smallest absolute Gasteiger partial charge is 0.310 e. The number of hydrogen-bond donors (Lipinski definition) is 1. The summed E-state index contributed by atoms with van der Waals surface area (Å²) in [5.41, 5.74) is 3.40. The van der Waals surface area contributed by atoms with Gasteiger partial charge in [-0.1, -0.05) is 12.1 Å². The molecular weight excluding hydrogens is 334 g/mol. The molecule has 0 bridgehead atoms. The molecule has 1 aromatic heterocycles. The molecule has 1 N–H and O–H groups in total. The summed E-state index contributed by atoms with van der Waals surface area (Å²) in [6.07, 6.45) is 0. The Labute approximate surface area is 149 Å². The van der Waals surface area contributed by atoms with E-state index in [9.17, 15) is 14.7 Å². The number of aliphatic carboxylic acids is 1. The fraction of sp³-hybridized carbons (Fsp3) is 0.200. The first-order chi connectivity index (χ1) is 12.5. The Balaban J connectivity index is 2.00. The monoisotopic (exact) mass is 351 g/mol. The van der Waals surface area contributed by atoms with E-state index in [0.717, 1.165) is 16.6 Å². The Hall–Kier alpha value is -3.28. The van der Waals surface area contributed by atoms with Gasteiger partial charge in [0.15, 0.2) is 11.5 Å². The molecule has 1 aliphatic rings. The largest absolute Gasteiger partial charge is 0.493 e. The van der Waals surface area contributed by atoms with Crippen LogP contribution in [0, 0.1) is 0 Å². The standard InChI is InChI=1S/C20H17NO5/c1-10(20(23)24)11-5-4-6-15-12(11)7-16-13-8-17(25-2)18(26-3)9-14(13)19(22)21(15)16/h4-10H,1-3H3,(H,23,24). The summed E-state index contributed by atoms with van der Waals surface area (Å²) in [6.45, 7) is 1.64. The number of fused-ring (bicyclic) bond motifs is 5. The molecule has 26 heavy (non-hydrogen) atoms. The van der Waals surface area contributed by atoms with E-state index < -0.39 is 11.9 Å². The van der Waals surface area contributed by atoms with E-state index in [-0.39, 0.29) is 5.91 Å². The quantitative estimate of drug-likeness (QED) is 0.609. The topological polar surface area (TPSA) is 77.8 Å². The minimum Gasteiger partial charge on any atom is -0.493 e. The summed E-state index contributed by atoms with van der Waals surface area (Å²) in [5.74, 6) is -0.693. The van der Waals surface area contributed by atoms with Crippen molar-refractivity contribution in [2.24, 2.45) is 0 Å². The number of benzene rings is 2. The maximum atomic E-state index is 13.0. The van der Waals surface area contributed by atoms with Gasteiger partial charge < -0.3 is 14.6 Å². The number of ether oxygens (including phenoxy) is 2. The van der Waals surface area contributed by atoms with Crippen LogP contribution in [0.15, 0.2) is 36.4 Å². The molecule has 0 radical (unpaired) electrons. The Kier molecular flexibility index (Phi) is 3.50. The van der Waals surface area contributed by atoms with Gasteiger partial charge in [0.25, 0.3) is 5.91 Å². The van der Waals surface area contributed by atoms with E-state index in [1.165, 1.54) is 7.11 Å². The predicted octanol–water partition coefficient (Wildman–Crippen LogP) is 3.52. The van der Waals surface area contributed by atoms with E-state index in [2.05, 4.69) is 0 Å². The van der Waals surface area contributed by atoms with Gasteiger partial charge in [-0.15, -0.1) is 0 Å². The van der Waals surface area contributed by atoms with Crippen LogP contribution in [0.5, 0.6) is 11.5 Å². The molecule has 132 valence electrons. The van der Waals surface area contributed by atoms with Gasteiger partial charge in [-0.3, -0.25) is 14.2 Å². The Bertz CT molecular complexity index is 1080. The highest BCUT2D eigenvalue weighted by Crippen LogP contribution is 2.43. The molecule has 1 atom stereocenters. The number of nitrogens with zero attached hydrogens (tertiary/aromatic N) is 1. The van der Waals surface area contributed by atoms with E-state index in [0.29, 0.717) is 28.1 Å². The molecule has 1 unspecified atom stereocenters. The third-order valence-electron chi connectivity index (χ3n) is 4.95. The first-order valence-electron chi connectivity index (χ1n) is 8.16. The number of methoxy groups -OCH3 is 2. The maximum Gasteiger partial charge on any atom is 0.310 e. The van der Waals surface area contributed by atoms with E-state index >= 15 is 0 Å². The van der Waals surface area contributed by atoms with Gasteiger partial charge in [-0.2, -0.15) is 0 Å². The van der Waals surface area contributed by atoms with Crippen LogP contribution in [0.1, 0.15) is 28.8 Å². The molecule has 6 nitrogen and oxygen atoms in total. The van der Waals surface area contributed by atoms with Crippen molar-refractivity contribution in [1.82, 2.24) is 4.57 Å². The lowest BCUT2D eigenvalue weighted by Crippen LogP contribution is -2.09. The molecule has 3 aromatic rings. The predicted molar refractivity (Wildman–Crippen MR) is 96.3 cm³/mol. The van der Waals surface area contributed by atoms with Gasteiger partial charge >= 0.3 is 5.97 Å². The number of carboxylic acids is 1. The average Bonchev–Trinajstić information content (AvgIpc) is 3.15.